The first-order valence-electron chi connectivity index (χ1n) is 10.6. The second-order valence-electron chi connectivity index (χ2n) is 9.07. The van der Waals surface area contributed by atoms with Gasteiger partial charge < -0.3 is 18.7 Å². The lowest BCUT2D eigenvalue weighted by Gasteiger charge is -2.31. The number of carbonyl (C=O) groups is 1. The minimum absolute atomic E-state index is 0.140. The van der Waals surface area contributed by atoms with Gasteiger partial charge in [-0.15, -0.1) is 0 Å². The van der Waals surface area contributed by atoms with Crippen LogP contribution in [0.1, 0.15) is 71.3 Å². The molecule has 3 heterocycles. The largest absolute Gasteiger partial charge is 0.381 e. The fraction of sp³-hybridized carbons (Fsp3) is 0.810. The van der Waals surface area contributed by atoms with Crippen LogP contribution in [0.2, 0.25) is 0 Å². The average Bonchev–Trinajstić information content (AvgIpc) is 3.18. The number of sulfone groups is 1. The van der Waals surface area contributed by atoms with Gasteiger partial charge in [-0.25, -0.2) is 8.42 Å². The van der Waals surface area contributed by atoms with E-state index in [4.69, 9.17) is 18.7 Å². The molecule has 30 heavy (non-hydrogen) atoms. The zero-order chi connectivity index (χ0) is 22.0. The van der Waals surface area contributed by atoms with E-state index in [2.05, 4.69) is 5.16 Å². The highest BCUT2D eigenvalue weighted by atomic mass is 32.2. The highest BCUT2D eigenvalue weighted by Gasteiger charge is 2.46. The molecular weight excluding hydrogens is 410 g/mol. The molecule has 1 unspecified atom stereocenters. The number of ether oxygens (including phenoxy) is 3. The predicted octanol–water partition coefficient (Wildman–Crippen LogP) is 2.94. The Labute approximate surface area is 178 Å². The lowest BCUT2D eigenvalue weighted by Crippen LogP contribution is -2.48. The van der Waals surface area contributed by atoms with Gasteiger partial charge >= 0.3 is 0 Å². The van der Waals surface area contributed by atoms with Crippen molar-refractivity contribution in [2.24, 2.45) is 0 Å². The molecule has 2 fully saturated rings. The van der Waals surface area contributed by atoms with Crippen molar-refractivity contribution in [3.8, 4) is 0 Å². The molecule has 0 aliphatic carbocycles. The van der Waals surface area contributed by atoms with E-state index in [0.717, 1.165) is 19.3 Å². The van der Waals surface area contributed by atoms with Crippen molar-refractivity contribution in [2.75, 3.05) is 19.8 Å². The predicted molar refractivity (Wildman–Crippen MR) is 110 cm³/mol. The van der Waals surface area contributed by atoms with Crippen LogP contribution in [0.4, 0.5) is 0 Å². The molecular formula is C21H33NO7S. The van der Waals surface area contributed by atoms with E-state index in [1.807, 2.05) is 13.8 Å². The van der Waals surface area contributed by atoms with Gasteiger partial charge in [-0.05, 0) is 59.8 Å². The van der Waals surface area contributed by atoms with E-state index in [1.54, 1.807) is 6.07 Å². The van der Waals surface area contributed by atoms with Gasteiger partial charge in [0.15, 0.2) is 21.9 Å². The highest BCUT2D eigenvalue weighted by Crippen LogP contribution is 2.31. The van der Waals surface area contributed by atoms with Crippen LogP contribution in [-0.4, -0.2) is 55.5 Å². The second kappa shape index (κ2) is 9.06. The second-order valence-corrected chi connectivity index (χ2v) is 11.8. The number of Topliss-reactive ketones (excluding diaryl/α,β-unsaturated/α-hetero) is 1. The van der Waals surface area contributed by atoms with Crippen LogP contribution < -0.4 is 0 Å². The Kier molecular flexibility index (Phi) is 7.06. The van der Waals surface area contributed by atoms with E-state index >= 15 is 0 Å². The maximum Gasteiger partial charge on any atom is 0.165 e. The van der Waals surface area contributed by atoms with Crippen molar-refractivity contribution in [3.63, 3.8) is 0 Å². The Balaban J connectivity index is 1.67. The molecule has 0 bridgehead atoms. The summed E-state index contributed by atoms with van der Waals surface area (Å²) in [5.74, 6) is -0.0856. The third kappa shape index (κ3) is 4.95. The molecule has 2 saturated heterocycles. The molecule has 1 atom stereocenters. The standard InChI is InChI=1S/C21H33NO7S/c1-20(2,28-19-7-5-6-10-27-19)17-13-15(29-22-17)14-18(23)21(3,4)30(24,25)16-8-11-26-12-9-16/h13,16,19H,5-12,14H2,1-4H3. The van der Waals surface area contributed by atoms with E-state index in [1.165, 1.54) is 13.8 Å². The van der Waals surface area contributed by atoms with Crippen molar-refractivity contribution >= 4 is 15.6 Å². The molecule has 0 radical (unpaired) electrons. The molecule has 2 aliphatic rings. The van der Waals surface area contributed by atoms with Crippen LogP contribution in [0.25, 0.3) is 0 Å². The number of hydrogen-bond donors (Lipinski definition) is 0. The molecule has 0 aromatic carbocycles. The van der Waals surface area contributed by atoms with Crippen LogP contribution in [0.15, 0.2) is 10.6 Å². The molecule has 3 rings (SSSR count). The third-order valence-corrected chi connectivity index (χ3v) is 9.06. The van der Waals surface area contributed by atoms with Gasteiger partial charge in [0.05, 0.1) is 11.7 Å². The van der Waals surface area contributed by atoms with Gasteiger partial charge in [0.2, 0.25) is 0 Å². The molecule has 0 amide bonds. The fourth-order valence-electron chi connectivity index (χ4n) is 3.81. The minimum Gasteiger partial charge on any atom is -0.381 e. The maximum absolute atomic E-state index is 13.1. The number of carbonyl (C=O) groups excluding carboxylic acids is 1. The molecule has 0 N–H and O–H groups in total. The Hall–Kier alpha value is -1.29. The zero-order valence-corrected chi connectivity index (χ0v) is 19.1. The molecule has 1 aromatic heterocycles. The minimum atomic E-state index is -3.65. The third-order valence-electron chi connectivity index (χ3n) is 6.06. The fourth-order valence-corrected chi connectivity index (χ4v) is 5.84. The van der Waals surface area contributed by atoms with Crippen molar-refractivity contribution in [1.82, 2.24) is 5.16 Å². The van der Waals surface area contributed by atoms with E-state index in [0.29, 0.717) is 44.1 Å². The van der Waals surface area contributed by atoms with Crippen molar-refractivity contribution < 1.29 is 31.9 Å². The van der Waals surface area contributed by atoms with E-state index in [9.17, 15) is 13.2 Å². The summed E-state index contributed by atoms with van der Waals surface area (Å²) in [6.45, 7) is 8.17. The Morgan fingerprint density at radius 1 is 1.13 bits per heavy atom. The summed E-state index contributed by atoms with van der Waals surface area (Å²) in [6, 6.07) is 1.66. The summed E-state index contributed by atoms with van der Waals surface area (Å²) < 4.78 is 46.9. The van der Waals surface area contributed by atoms with Gasteiger partial charge in [-0.3, -0.25) is 4.79 Å². The van der Waals surface area contributed by atoms with Crippen molar-refractivity contribution in [2.45, 2.75) is 88.1 Å². The van der Waals surface area contributed by atoms with Crippen LogP contribution in [-0.2, 0) is 40.9 Å². The van der Waals surface area contributed by atoms with Crippen LogP contribution in [0.5, 0.6) is 0 Å². The quantitative estimate of drug-likeness (QED) is 0.604. The van der Waals surface area contributed by atoms with Crippen molar-refractivity contribution in [1.29, 1.82) is 0 Å². The van der Waals surface area contributed by atoms with Gasteiger partial charge in [0.1, 0.15) is 21.8 Å². The Bertz CT molecular complexity index is 831. The van der Waals surface area contributed by atoms with Crippen LogP contribution in [0.3, 0.4) is 0 Å². The molecule has 8 nitrogen and oxygen atoms in total. The first kappa shape index (κ1) is 23.4. The highest BCUT2D eigenvalue weighted by molar-refractivity contribution is 7.94. The topological polar surface area (TPSA) is 105 Å². The van der Waals surface area contributed by atoms with Crippen LogP contribution in [0, 0.1) is 0 Å². The van der Waals surface area contributed by atoms with Crippen molar-refractivity contribution in [3.05, 3.63) is 17.5 Å². The summed E-state index contributed by atoms with van der Waals surface area (Å²) in [5.41, 5.74) is -0.208. The smallest absolute Gasteiger partial charge is 0.165 e. The monoisotopic (exact) mass is 443 g/mol. The molecule has 0 spiro atoms. The lowest BCUT2D eigenvalue weighted by molar-refractivity contribution is -0.220. The van der Waals surface area contributed by atoms with E-state index < -0.39 is 31.2 Å². The summed E-state index contributed by atoms with van der Waals surface area (Å²) in [7, 11) is -3.65. The number of rotatable bonds is 8. The molecule has 170 valence electrons. The summed E-state index contributed by atoms with van der Waals surface area (Å²) >= 11 is 0. The summed E-state index contributed by atoms with van der Waals surface area (Å²) in [6.07, 6.45) is 3.31. The van der Waals surface area contributed by atoms with Gasteiger partial charge in [-0.1, -0.05) is 5.16 Å². The number of ketones is 1. The lowest BCUT2D eigenvalue weighted by atomic mass is 10.0. The first-order valence-corrected chi connectivity index (χ1v) is 12.2. The van der Waals surface area contributed by atoms with E-state index in [-0.39, 0.29) is 12.7 Å². The van der Waals surface area contributed by atoms with Gasteiger partial charge in [-0.2, -0.15) is 0 Å². The van der Waals surface area contributed by atoms with Gasteiger partial charge in [0.25, 0.3) is 0 Å². The SMILES string of the molecule is CC(C)(OC1CCCCO1)c1cc(CC(=O)C(C)(C)S(=O)(=O)C2CCOCC2)on1. The first-order chi connectivity index (χ1) is 14.0. The Morgan fingerprint density at radius 3 is 2.47 bits per heavy atom. The molecule has 9 heteroatoms. The number of aromatic nitrogens is 1. The zero-order valence-electron chi connectivity index (χ0n) is 18.3. The molecule has 2 aliphatic heterocycles. The normalized spacial score (nSPS) is 22.2. The summed E-state index contributed by atoms with van der Waals surface area (Å²) in [5, 5.41) is 3.51. The van der Waals surface area contributed by atoms with Gasteiger partial charge in [0, 0.05) is 25.9 Å². The number of hydrogen-bond acceptors (Lipinski definition) is 8. The molecule has 1 aromatic rings. The average molecular weight is 444 g/mol. The number of nitrogens with zero attached hydrogens (tertiary/aromatic N) is 1. The Morgan fingerprint density at radius 2 is 1.83 bits per heavy atom. The maximum atomic E-state index is 13.1. The summed E-state index contributed by atoms with van der Waals surface area (Å²) in [4.78, 5) is 12.9. The van der Waals surface area contributed by atoms with Crippen LogP contribution >= 0.6 is 0 Å². The molecule has 0 saturated carbocycles.